The second kappa shape index (κ2) is 9.85. The fraction of sp³-hybridized carbons (Fsp3) is 0.238. The molecule has 0 radical (unpaired) electrons. The number of fused-ring (bicyclic) bond motifs is 2. The molecule has 3 aromatic heterocycles. The zero-order chi connectivity index (χ0) is 26.4. The van der Waals surface area contributed by atoms with Crippen molar-refractivity contribution < 1.29 is 28.9 Å². The summed E-state index contributed by atoms with van der Waals surface area (Å²) in [5.41, 5.74) is 6.74. The maximum absolute atomic E-state index is 13.1. The molecule has 2 amide bonds. The summed E-state index contributed by atoms with van der Waals surface area (Å²) in [6.45, 7) is 0.260. The molecule has 37 heavy (non-hydrogen) atoms. The highest BCUT2D eigenvalue weighted by atomic mass is 35.5. The number of anilines is 1. The average molecular weight is 583 g/mol. The number of thiazole rings is 1. The highest BCUT2D eigenvalue weighted by molar-refractivity contribution is 8.00. The quantitative estimate of drug-likeness (QED) is 0.163. The first-order valence-corrected chi connectivity index (χ1v) is 13.2. The summed E-state index contributed by atoms with van der Waals surface area (Å²) >= 11 is 14.5. The smallest absolute Gasteiger partial charge is 0.352 e. The summed E-state index contributed by atoms with van der Waals surface area (Å²) in [5.74, 6) is -2.19. The maximum Gasteiger partial charge on any atom is 0.352 e. The van der Waals surface area contributed by atoms with Gasteiger partial charge in [-0.05, 0) is 6.07 Å². The van der Waals surface area contributed by atoms with Crippen molar-refractivity contribution in [2.24, 2.45) is 5.16 Å². The summed E-state index contributed by atoms with van der Waals surface area (Å²) in [5, 5.41) is 16.4. The first-order valence-electron chi connectivity index (χ1n) is 10.6. The molecule has 0 unspecified atom stereocenters. The fourth-order valence-electron chi connectivity index (χ4n) is 4.14. The van der Waals surface area contributed by atoms with E-state index in [0.29, 0.717) is 16.3 Å². The van der Waals surface area contributed by atoms with E-state index in [4.69, 9.17) is 33.8 Å². The fourth-order valence-corrected chi connectivity index (χ4v) is 6.57. The Kier molecular flexibility index (Phi) is 6.74. The second-order valence-electron chi connectivity index (χ2n) is 8.01. The van der Waals surface area contributed by atoms with Gasteiger partial charge in [-0.25, -0.2) is 18.7 Å². The van der Waals surface area contributed by atoms with Crippen molar-refractivity contribution >= 4 is 80.4 Å². The number of aromatic nitrogens is 3. The molecule has 192 valence electrons. The van der Waals surface area contributed by atoms with Gasteiger partial charge in [-0.3, -0.25) is 14.5 Å². The second-order valence-corrected chi connectivity index (χ2v) is 11.2. The van der Waals surface area contributed by atoms with Crippen LogP contribution in [0.25, 0.3) is 5.52 Å². The number of aliphatic carboxylic acids is 1. The van der Waals surface area contributed by atoms with Crippen molar-refractivity contribution in [3.63, 3.8) is 0 Å². The molecule has 5 heterocycles. The first kappa shape index (κ1) is 25.3. The predicted octanol–water partition coefficient (Wildman–Crippen LogP) is 1.36. The number of nitrogens with two attached hydrogens (primary N) is 1. The molecule has 5 rings (SSSR count). The number of hydrogen-bond donors (Lipinski definition) is 3. The van der Waals surface area contributed by atoms with Gasteiger partial charge >= 0.3 is 5.97 Å². The van der Waals surface area contributed by atoms with E-state index in [-0.39, 0.29) is 33.1 Å². The van der Waals surface area contributed by atoms with E-state index in [1.54, 1.807) is 18.3 Å². The Balaban J connectivity index is 1.37. The number of halogens is 2. The molecule has 0 bridgehead atoms. The highest BCUT2D eigenvalue weighted by Gasteiger charge is 2.54. The van der Waals surface area contributed by atoms with E-state index in [1.807, 2.05) is 21.5 Å². The van der Waals surface area contributed by atoms with Crippen LogP contribution in [0.2, 0.25) is 9.36 Å². The lowest BCUT2D eigenvalue weighted by Crippen LogP contribution is -2.71. The van der Waals surface area contributed by atoms with Crippen LogP contribution in [0.3, 0.4) is 0 Å². The number of imidazole rings is 1. The number of carbonyl (C=O) groups is 3. The molecule has 1 saturated heterocycles. The lowest BCUT2D eigenvalue weighted by Gasteiger charge is -2.49. The van der Waals surface area contributed by atoms with Gasteiger partial charge in [0, 0.05) is 22.4 Å². The summed E-state index contributed by atoms with van der Waals surface area (Å²) in [6, 6.07) is 2.56. The van der Waals surface area contributed by atoms with Crippen LogP contribution < -0.4 is 15.6 Å². The third kappa shape index (κ3) is 4.61. The number of carboxylic acids is 1. The van der Waals surface area contributed by atoms with E-state index >= 15 is 0 Å². The monoisotopic (exact) mass is 582 g/mol. The SMILES string of the molecule is CO/N=C(\C(=O)N[C@@H]1C(=O)N2C(C(=O)O)=C(C[n+]3cc4cc(Cl)ccn4c3)CS[C@H]12)c1nc(N)sc1Cl. The third-order valence-electron chi connectivity index (χ3n) is 5.68. The van der Waals surface area contributed by atoms with Gasteiger partial charge in [0.2, 0.25) is 6.33 Å². The van der Waals surface area contributed by atoms with Crippen molar-refractivity contribution in [3.8, 4) is 0 Å². The zero-order valence-electron chi connectivity index (χ0n) is 18.9. The zero-order valence-corrected chi connectivity index (χ0v) is 22.1. The van der Waals surface area contributed by atoms with Crippen molar-refractivity contribution in [2.75, 3.05) is 18.6 Å². The molecular weight excluding hydrogens is 565 g/mol. The van der Waals surface area contributed by atoms with Gasteiger partial charge in [-0.1, -0.05) is 39.7 Å². The van der Waals surface area contributed by atoms with E-state index in [0.717, 1.165) is 16.9 Å². The Labute approximate surface area is 227 Å². The summed E-state index contributed by atoms with van der Waals surface area (Å²) in [6.07, 6.45) is 5.44. The lowest BCUT2D eigenvalue weighted by molar-refractivity contribution is -0.687. The molecule has 0 saturated carbocycles. The Morgan fingerprint density at radius 1 is 1.43 bits per heavy atom. The summed E-state index contributed by atoms with van der Waals surface area (Å²) in [7, 11) is 1.25. The number of pyridine rings is 1. The Morgan fingerprint density at radius 2 is 2.22 bits per heavy atom. The van der Waals surface area contributed by atoms with Gasteiger partial charge in [0.1, 0.15) is 47.0 Å². The predicted molar refractivity (Wildman–Crippen MR) is 137 cm³/mol. The molecule has 1 fully saturated rings. The highest BCUT2D eigenvalue weighted by Crippen LogP contribution is 2.40. The number of nitrogen functional groups attached to an aromatic ring is 1. The van der Waals surface area contributed by atoms with Crippen molar-refractivity contribution in [1.82, 2.24) is 19.6 Å². The molecule has 0 aliphatic carbocycles. The van der Waals surface area contributed by atoms with Gasteiger partial charge in [0.25, 0.3) is 11.8 Å². The van der Waals surface area contributed by atoms with Crippen LogP contribution in [0.5, 0.6) is 0 Å². The third-order valence-corrected chi connectivity index (χ3v) is 8.34. The van der Waals surface area contributed by atoms with Gasteiger partial charge in [-0.2, -0.15) is 0 Å². The summed E-state index contributed by atoms with van der Waals surface area (Å²) in [4.78, 5) is 48.2. The van der Waals surface area contributed by atoms with E-state index < -0.39 is 29.2 Å². The molecule has 2 aliphatic heterocycles. The van der Waals surface area contributed by atoms with E-state index in [2.05, 4.69) is 15.5 Å². The van der Waals surface area contributed by atoms with Crippen LogP contribution >= 0.6 is 46.3 Å². The largest absolute Gasteiger partial charge is 0.477 e. The molecule has 12 nitrogen and oxygen atoms in total. The number of amides is 2. The molecule has 0 aromatic carbocycles. The normalized spacial score (nSPS) is 19.6. The lowest BCUT2D eigenvalue weighted by atomic mass is 10.0. The number of hydrogen-bond acceptors (Lipinski definition) is 9. The van der Waals surface area contributed by atoms with Gasteiger partial charge in [-0.15, -0.1) is 11.8 Å². The molecule has 4 N–H and O–H groups in total. The van der Waals surface area contributed by atoms with Crippen LogP contribution in [0.15, 0.2) is 47.3 Å². The minimum atomic E-state index is -1.22. The molecule has 2 atom stereocenters. The van der Waals surface area contributed by atoms with Gasteiger partial charge in [0.15, 0.2) is 16.4 Å². The van der Waals surface area contributed by atoms with E-state index in [1.165, 1.54) is 23.8 Å². The molecule has 16 heteroatoms. The number of carboxylic acid groups (broad SMARTS) is 1. The number of rotatable bonds is 7. The van der Waals surface area contributed by atoms with Crippen LogP contribution in [0.4, 0.5) is 5.13 Å². The Bertz CT molecular complexity index is 1520. The number of nitrogens with one attached hydrogen (secondary N) is 1. The van der Waals surface area contributed by atoms with Crippen LogP contribution in [0, 0.1) is 0 Å². The topological polar surface area (TPSA) is 156 Å². The maximum atomic E-state index is 13.1. The summed E-state index contributed by atoms with van der Waals surface area (Å²) < 4.78 is 3.81. The number of thioether (sulfide) groups is 1. The van der Waals surface area contributed by atoms with Gasteiger partial charge < -0.3 is 21.0 Å². The molecule has 2 aliphatic rings. The Morgan fingerprint density at radius 3 is 2.89 bits per heavy atom. The van der Waals surface area contributed by atoms with Crippen molar-refractivity contribution in [2.45, 2.75) is 18.0 Å². The van der Waals surface area contributed by atoms with Crippen molar-refractivity contribution in [3.05, 3.63) is 57.2 Å². The van der Waals surface area contributed by atoms with Crippen molar-refractivity contribution in [1.29, 1.82) is 0 Å². The molecule has 3 aromatic rings. The minimum absolute atomic E-state index is 0.0233. The number of oxime groups is 1. The first-order chi connectivity index (χ1) is 17.7. The molecule has 0 spiro atoms. The van der Waals surface area contributed by atoms with Crippen LogP contribution in [-0.4, -0.2) is 67.2 Å². The Hall–Kier alpha value is -3.33. The average Bonchev–Trinajstić information content (AvgIpc) is 3.40. The van der Waals surface area contributed by atoms with Crippen LogP contribution in [0.1, 0.15) is 5.69 Å². The number of nitrogens with zero attached hydrogens (tertiary/aromatic N) is 5. The number of carbonyl (C=O) groups excluding carboxylic acids is 2. The minimum Gasteiger partial charge on any atom is -0.477 e. The van der Waals surface area contributed by atoms with Crippen LogP contribution in [-0.2, 0) is 25.8 Å². The number of β-lactam (4-membered cyclic amide) rings is 1. The molecular formula is C21H18Cl2N7O5S2+. The standard InChI is InChI=1S/C21H17Cl2N7O5S2/c1-35-27-13(12-16(23)37-21(24)26-12)17(31)25-14-18(32)30-15(20(33)34)9(7-36-19(14)30)5-28-6-11-4-10(22)2-3-29(11)8-28/h2-4,6,8,14,19H,5,7H2,1H3,(H3-,24,25,26,31,33,34)/p+1/b27-13-/t14-,19-/m1/s1. The van der Waals surface area contributed by atoms with Gasteiger partial charge in [0.05, 0.1) is 6.20 Å². The van der Waals surface area contributed by atoms with E-state index in [9.17, 15) is 19.5 Å².